The molecule has 0 spiro atoms. The van der Waals surface area contributed by atoms with Gasteiger partial charge in [-0.05, 0) is 32.7 Å². The molecular weight excluding hydrogens is 202 g/mol. The minimum absolute atomic E-state index is 0.0741. The van der Waals surface area contributed by atoms with Crippen LogP contribution < -0.4 is 0 Å². The Bertz CT molecular complexity index is 200. The number of nitrogens with zero attached hydrogens (tertiary/aromatic N) is 1. The van der Waals surface area contributed by atoms with Crippen molar-refractivity contribution < 1.29 is 10.2 Å². The molecule has 1 rings (SSSR count). The fourth-order valence-corrected chi connectivity index (χ4v) is 2.57. The molecule has 0 radical (unpaired) electrons. The topological polar surface area (TPSA) is 43.7 Å². The van der Waals surface area contributed by atoms with Crippen molar-refractivity contribution in [1.82, 2.24) is 4.90 Å². The fraction of sp³-hybridized carbons (Fsp3) is 1.00. The van der Waals surface area contributed by atoms with Crippen LogP contribution in [-0.2, 0) is 0 Å². The van der Waals surface area contributed by atoms with Gasteiger partial charge in [-0.1, -0.05) is 19.8 Å². The largest absolute Gasteiger partial charge is 0.396 e. The molecule has 3 heteroatoms. The Hall–Kier alpha value is -0.120. The fourth-order valence-electron chi connectivity index (χ4n) is 2.57. The lowest BCUT2D eigenvalue weighted by atomic mass is 9.71. The van der Waals surface area contributed by atoms with Crippen molar-refractivity contribution >= 4 is 0 Å². The van der Waals surface area contributed by atoms with E-state index in [4.69, 9.17) is 5.11 Å². The first-order chi connectivity index (χ1) is 7.53. The van der Waals surface area contributed by atoms with Gasteiger partial charge in [0.1, 0.15) is 0 Å². The smallest absolute Gasteiger partial charge is 0.0584 e. The summed E-state index contributed by atoms with van der Waals surface area (Å²) in [6, 6.07) is 0.183. The molecule has 0 amide bonds. The summed E-state index contributed by atoms with van der Waals surface area (Å²) in [6.07, 6.45) is 4.68. The Labute approximate surface area is 99.5 Å². The molecule has 2 N–H and O–H groups in total. The predicted octanol–water partition coefficient (Wildman–Crippen LogP) is 1.49. The van der Waals surface area contributed by atoms with Gasteiger partial charge >= 0.3 is 0 Å². The molecule has 0 saturated heterocycles. The number of rotatable bonds is 5. The Balaban J connectivity index is 2.53. The zero-order chi connectivity index (χ0) is 12.2. The number of aliphatic hydroxyl groups is 2. The van der Waals surface area contributed by atoms with Crippen LogP contribution in [0.2, 0.25) is 0 Å². The summed E-state index contributed by atoms with van der Waals surface area (Å²) < 4.78 is 0. The zero-order valence-corrected chi connectivity index (χ0v) is 10.9. The van der Waals surface area contributed by atoms with E-state index in [9.17, 15) is 5.11 Å². The summed E-state index contributed by atoms with van der Waals surface area (Å²) in [7, 11) is 2.04. The number of aliphatic hydroxyl groups excluding tert-OH is 2. The highest BCUT2D eigenvalue weighted by Crippen LogP contribution is 2.39. The zero-order valence-electron chi connectivity index (χ0n) is 10.9. The molecule has 1 saturated carbocycles. The monoisotopic (exact) mass is 229 g/mol. The lowest BCUT2D eigenvalue weighted by molar-refractivity contribution is 0.0190. The molecule has 16 heavy (non-hydrogen) atoms. The van der Waals surface area contributed by atoms with Crippen LogP contribution in [0.1, 0.15) is 39.5 Å². The molecule has 0 aliphatic heterocycles. The Morgan fingerprint density at radius 3 is 2.31 bits per heavy atom. The highest BCUT2D eigenvalue weighted by atomic mass is 16.3. The van der Waals surface area contributed by atoms with Crippen molar-refractivity contribution in [3.05, 3.63) is 0 Å². The second-order valence-electron chi connectivity index (χ2n) is 5.79. The maximum absolute atomic E-state index is 9.64. The van der Waals surface area contributed by atoms with E-state index in [0.717, 1.165) is 25.3 Å². The van der Waals surface area contributed by atoms with Crippen molar-refractivity contribution in [2.24, 2.45) is 11.3 Å². The molecule has 1 aliphatic rings. The minimum Gasteiger partial charge on any atom is -0.396 e. The first-order valence-electron chi connectivity index (χ1n) is 6.45. The molecule has 1 atom stereocenters. The average molecular weight is 229 g/mol. The van der Waals surface area contributed by atoms with E-state index in [2.05, 4.69) is 11.8 Å². The van der Waals surface area contributed by atoms with Crippen LogP contribution in [0.25, 0.3) is 0 Å². The maximum atomic E-state index is 9.64. The standard InChI is InChI=1S/C13H27NO2/c1-11-4-6-13(10-16,7-5-11)9-14(3)12(2)8-15/h11-12,15-16H,4-10H2,1-3H3. The van der Waals surface area contributed by atoms with Crippen LogP contribution in [0, 0.1) is 11.3 Å². The van der Waals surface area contributed by atoms with Gasteiger partial charge < -0.3 is 15.1 Å². The lowest BCUT2D eigenvalue weighted by Gasteiger charge is -2.41. The van der Waals surface area contributed by atoms with Crippen LogP contribution in [0.3, 0.4) is 0 Å². The van der Waals surface area contributed by atoms with Crippen molar-refractivity contribution in [3.63, 3.8) is 0 Å². The van der Waals surface area contributed by atoms with Gasteiger partial charge in [0.05, 0.1) is 6.61 Å². The normalized spacial score (nSPS) is 33.0. The number of hydrogen-bond acceptors (Lipinski definition) is 3. The Kier molecular flexibility index (Phi) is 5.22. The van der Waals surface area contributed by atoms with E-state index in [-0.39, 0.29) is 24.7 Å². The molecule has 0 aromatic rings. The molecule has 0 aromatic carbocycles. The third kappa shape index (κ3) is 3.44. The van der Waals surface area contributed by atoms with E-state index < -0.39 is 0 Å². The van der Waals surface area contributed by atoms with Crippen molar-refractivity contribution in [3.8, 4) is 0 Å². The molecule has 1 fully saturated rings. The summed E-state index contributed by atoms with van der Waals surface area (Å²) in [5.74, 6) is 0.806. The van der Waals surface area contributed by atoms with E-state index in [0.29, 0.717) is 0 Å². The second kappa shape index (κ2) is 5.99. The molecule has 96 valence electrons. The van der Waals surface area contributed by atoms with E-state index in [1.807, 2.05) is 14.0 Å². The van der Waals surface area contributed by atoms with Crippen molar-refractivity contribution in [2.75, 3.05) is 26.8 Å². The van der Waals surface area contributed by atoms with Gasteiger partial charge in [-0.2, -0.15) is 0 Å². The average Bonchev–Trinajstić information content (AvgIpc) is 2.31. The summed E-state index contributed by atoms with van der Waals surface area (Å²) in [5.41, 5.74) is 0.0741. The third-order valence-corrected chi connectivity index (χ3v) is 4.27. The van der Waals surface area contributed by atoms with Crippen LogP contribution in [-0.4, -0.2) is 48.0 Å². The van der Waals surface area contributed by atoms with E-state index in [1.54, 1.807) is 0 Å². The quantitative estimate of drug-likeness (QED) is 0.750. The summed E-state index contributed by atoms with van der Waals surface area (Å²) in [4.78, 5) is 2.17. The molecular formula is C13H27NO2. The third-order valence-electron chi connectivity index (χ3n) is 4.27. The molecule has 0 bridgehead atoms. The van der Waals surface area contributed by atoms with Gasteiger partial charge in [0.15, 0.2) is 0 Å². The highest BCUT2D eigenvalue weighted by Gasteiger charge is 2.35. The molecule has 3 nitrogen and oxygen atoms in total. The summed E-state index contributed by atoms with van der Waals surface area (Å²) in [5, 5.41) is 18.8. The van der Waals surface area contributed by atoms with Crippen LogP contribution in [0.5, 0.6) is 0 Å². The van der Waals surface area contributed by atoms with Gasteiger partial charge in [0.2, 0.25) is 0 Å². The Morgan fingerprint density at radius 1 is 1.31 bits per heavy atom. The first-order valence-corrected chi connectivity index (χ1v) is 6.45. The highest BCUT2D eigenvalue weighted by molar-refractivity contribution is 4.87. The number of hydrogen-bond donors (Lipinski definition) is 2. The Morgan fingerprint density at radius 2 is 1.88 bits per heavy atom. The van der Waals surface area contributed by atoms with Crippen LogP contribution in [0.4, 0.5) is 0 Å². The van der Waals surface area contributed by atoms with Gasteiger partial charge in [-0.25, -0.2) is 0 Å². The van der Waals surface area contributed by atoms with Crippen LogP contribution >= 0.6 is 0 Å². The lowest BCUT2D eigenvalue weighted by Crippen LogP contribution is -2.45. The van der Waals surface area contributed by atoms with Gasteiger partial charge in [-0.3, -0.25) is 0 Å². The van der Waals surface area contributed by atoms with Crippen molar-refractivity contribution in [2.45, 2.75) is 45.6 Å². The van der Waals surface area contributed by atoms with E-state index in [1.165, 1.54) is 12.8 Å². The maximum Gasteiger partial charge on any atom is 0.0584 e. The molecule has 0 heterocycles. The van der Waals surface area contributed by atoms with E-state index >= 15 is 0 Å². The van der Waals surface area contributed by atoms with Crippen molar-refractivity contribution in [1.29, 1.82) is 0 Å². The van der Waals surface area contributed by atoms with Gasteiger partial charge in [-0.15, -0.1) is 0 Å². The summed E-state index contributed by atoms with van der Waals surface area (Å²) in [6.45, 7) is 5.69. The predicted molar refractivity (Wildman–Crippen MR) is 66.3 cm³/mol. The molecule has 1 aliphatic carbocycles. The molecule has 1 unspecified atom stereocenters. The second-order valence-corrected chi connectivity index (χ2v) is 5.79. The SMILES string of the molecule is CC1CCC(CO)(CN(C)C(C)CO)CC1. The van der Waals surface area contributed by atoms with Crippen LogP contribution in [0.15, 0.2) is 0 Å². The first kappa shape index (κ1) is 13.9. The number of likely N-dealkylation sites (N-methyl/N-ethyl adjacent to an activating group) is 1. The van der Waals surface area contributed by atoms with Gasteiger partial charge in [0, 0.05) is 24.6 Å². The summed E-state index contributed by atoms with van der Waals surface area (Å²) >= 11 is 0. The minimum atomic E-state index is 0.0741. The molecule has 0 aromatic heterocycles. The van der Waals surface area contributed by atoms with Gasteiger partial charge in [0.25, 0.3) is 0 Å².